The lowest BCUT2D eigenvalue weighted by Gasteiger charge is -2.26. The molecule has 2 nitrogen and oxygen atoms in total. The summed E-state index contributed by atoms with van der Waals surface area (Å²) >= 11 is 3.41. The molecule has 1 heterocycles. The van der Waals surface area contributed by atoms with Crippen LogP contribution in [0.3, 0.4) is 0 Å². The van der Waals surface area contributed by atoms with E-state index in [0.29, 0.717) is 6.61 Å². The molecule has 1 aromatic rings. The zero-order chi connectivity index (χ0) is 11.4. The van der Waals surface area contributed by atoms with Crippen LogP contribution in [0, 0.1) is 0 Å². The van der Waals surface area contributed by atoms with E-state index in [2.05, 4.69) is 28.1 Å². The van der Waals surface area contributed by atoms with Gasteiger partial charge in [-0.3, -0.25) is 0 Å². The first-order valence-corrected chi connectivity index (χ1v) is 5.98. The van der Waals surface area contributed by atoms with Gasteiger partial charge in [-0.1, -0.05) is 34.1 Å². The highest BCUT2D eigenvalue weighted by Crippen LogP contribution is 2.13. The number of hydrogen-bond acceptors (Lipinski definition) is 2. The van der Waals surface area contributed by atoms with Gasteiger partial charge in [0.25, 0.3) is 0 Å². The fraction of sp³-hybridized carbons (Fsp3) is 0.231. The Morgan fingerprint density at radius 3 is 2.69 bits per heavy atom. The summed E-state index contributed by atoms with van der Waals surface area (Å²) in [4.78, 5) is 2.04. The SMILES string of the molecule is CN1C=CC=CC1OCc1ccc(Br)cc1. The predicted octanol–water partition coefficient (Wildman–Crippen LogP) is 3.31. The highest BCUT2D eigenvalue weighted by Gasteiger charge is 2.10. The monoisotopic (exact) mass is 279 g/mol. The molecule has 0 amide bonds. The summed E-state index contributed by atoms with van der Waals surface area (Å²) in [6.07, 6.45) is 8.09. The molecule has 1 aliphatic heterocycles. The maximum Gasteiger partial charge on any atom is 0.149 e. The molecule has 0 N–H and O–H groups in total. The van der Waals surface area contributed by atoms with Gasteiger partial charge in [0.1, 0.15) is 6.23 Å². The summed E-state index contributed by atoms with van der Waals surface area (Å²) in [6.45, 7) is 0.625. The van der Waals surface area contributed by atoms with Gasteiger partial charge in [-0.2, -0.15) is 0 Å². The van der Waals surface area contributed by atoms with Gasteiger partial charge in [0.15, 0.2) is 0 Å². The van der Waals surface area contributed by atoms with E-state index in [1.165, 1.54) is 5.56 Å². The minimum Gasteiger partial charge on any atom is -0.352 e. The van der Waals surface area contributed by atoms with Gasteiger partial charge in [-0.25, -0.2) is 0 Å². The lowest BCUT2D eigenvalue weighted by molar-refractivity contribution is -0.00459. The van der Waals surface area contributed by atoms with Crippen LogP contribution in [-0.4, -0.2) is 18.2 Å². The molecular formula is C13H14BrNO. The Bertz CT molecular complexity index is 397. The van der Waals surface area contributed by atoms with Gasteiger partial charge in [-0.05, 0) is 29.8 Å². The summed E-state index contributed by atoms with van der Waals surface area (Å²) in [5, 5.41) is 0. The second kappa shape index (κ2) is 5.32. The first kappa shape index (κ1) is 11.4. The van der Waals surface area contributed by atoms with Crippen LogP contribution in [0.4, 0.5) is 0 Å². The van der Waals surface area contributed by atoms with Crippen molar-refractivity contribution >= 4 is 15.9 Å². The van der Waals surface area contributed by atoms with Crippen LogP contribution < -0.4 is 0 Å². The van der Waals surface area contributed by atoms with E-state index in [1.54, 1.807) is 0 Å². The van der Waals surface area contributed by atoms with Gasteiger partial charge in [0.05, 0.1) is 6.61 Å². The smallest absolute Gasteiger partial charge is 0.149 e. The van der Waals surface area contributed by atoms with Gasteiger partial charge in [0, 0.05) is 17.7 Å². The maximum absolute atomic E-state index is 5.79. The number of rotatable bonds is 3. The highest BCUT2D eigenvalue weighted by molar-refractivity contribution is 9.10. The van der Waals surface area contributed by atoms with E-state index >= 15 is 0 Å². The van der Waals surface area contributed by atoms with Gasteiger partial charge in [0.2, 0.25) is 0 Å². The zero-order valence-electron chi connectivity index (χ0n) is 9.14. The van der Waals surface area contributed by atoms with E-state index in [1.807, 2.05) is 48.5 Å². The van der Waals surface area contributed by atoms with E-state index in [-0.39, 0.29) is 6.23 Å². The molecule has 0 bridgehead atoms. The van der Waals surface area contributed by atoms with Crippen molar-refractivity contribution in [2.45, 2.75) is 12.8 Å². The number of halogens is 1. The van der Waals surface area contributed by atoms with Gasteiger partial charge in [-0.15, -0.1) is 0 Å². The fourth-order valence-electron chi connectivity index (χ4n) is 1.50. The minimum absolute atomic E-state index is 0.0358. The molecule has 16 heavy (non-hydrogen) atoms. The lowest BCUT2D eigenvalue weighted by Crippen LogP contribution is -2.29. The number of ether oxygens (including phenoxy) is 1. The summed E-state index contributed by atoms with van der Waals surface area (Å²) in [5.74, 6) is 0. The van der Waals surface area contributed by atoms with Crippen LogP contribution in [-0.2, 0) is 11.3 Å². The molecule has 0 radical (unpaired) electrons. The normalized spacial score (nSPS) is 19.1. The molecule has 0 aromatic heterocycles. The third kappa shape index (κ3) is 2.97. The van der Waals surface area contributed by atoms with Crippen molar-refractivity contribution < 1.29 is 4.74 Å². The maximum atomic E-state index is 5.79. The summed E-state index contributed by atoms with van der Waals surface area (Å²) in [5.41, 5.74) is 1.18. The fourth-order valence-corrected chi connectivity index (χ4v) is 1.76. The molecule has 3 heteroatoms. The molecule has 1 aromatic carbocycles. The van der Waals surface area contributed by atoms with Crippen LogP contribution in [0.2, 0.25) is 0 Å². The van der Waals surface area contributed by atoms with Crippen molar-refractivity contribution in [2.75, 3.05) is 7.05 Å². The second-order valence-electron chi connectivity index (χ2n) is 3.72. The minimum atomic E-state index is 0.0358. The predicted molar refractivity (Wildman–Crippen MR) is 68.8 cm³/mol. The first-order valence-electron chi connectivity index (χ1n) is 5.19. The molecule has 0 spiro atoms. The largest absolute Gasteiger partial charge is 0.352 e. The van der Waals surface area contributed by atoms with Crippen LogP contribution in [0.5, 0.6) is 0 Å². The summed E-state index contributed by atoms with van der Waals surface area (Å²) in [7, 11) is 2.01. The standard InChI is InChI=1S/C13H14BrNO/c1-15-9-3-2-4-13(15)16-10-11-5-7-12(14)8-6-11/h2-9,13H,10H2,1H3. The van der Waals surface area contributed by atoms with Crippen molar-refractivity contribution in [1.82, 2.24) is 4.90 Å². The molecule has 2 rings (SSSR count). The van der Waals surface area contributed by atoms with Gasteiger partial charge >= 0.3 is 0 Å². The number of hydrogen-bond donors (Lipinski definition) is 0. The number of allylic oxidation sites excluding steroid dienone is 2. The quantitative estimate of drug-likeness (QED) is 0.842. The molecule has 0 saturated heterocycles. The molecule has 0 fully saturated rings. The third-order valence-electron chi connectivity index (χ3n) is 2.44. The average molecular weight is 280 g/mol. The molecule has 0 aliphatic carbocycles. The van der Waals surface area contributed by atoms with Crippen LogP contribution in [0.1, 0.15) is 5.56 Å². The van der Waals surface area contributed by atoms with Crippen molar-refractivity contribution in [1.29, 1.82) is 0 Å². The Hall–Kier alpha value is -1.06. The molecular weight excluding hydrogens is 266 g/mol. The third-order valence-corrected chi connectivity index (χ3v) is 2.97. The Balaban J connectivity index is 1.90. The number of benzene rings is 1. The Labute approximate surface area is 104 Å². The second-order valence-corrected chi connectivity index (χ2v) is 4.64. The van der Waals surface area contributed by atoms with E-state index < -0.39 is 0 Å². The highest BCUT2D eigenvalue weighted by atomic mass is 79.9. The van der Waals surface area contributed by atoms with Crippen molar-refractivity contribution in [3.05, 3.63) is 58.7 Å². The van der Waals surface area contributed by atoms with E-state index in [4.69, 9.17) is 4.74 Å². The zero-order valence-corrected chi connectivity index (χ0v) is 10.7. The van der Waals surface area contributed by atoms with Crippen molar-refractivity contribution in [2.24, 2.45) is 0 Å². The summed E-state index contributed by atoms with van der Waals surface area (Å²) in [6, 6.07) is 8.18. The average Bonchev–Trinajstić information content (AvgIpc) is 2.30. The van der Waals surface area contributed by atoms with Crippen LogP contribution in [0.25, 0.3) is 0 Å². The summed E-state index contributed by atoms with van der Waals surface area (Å²) < 4.78 is 6.89. The Kier molecular flexibility index (Phi) is 3.80. The molecule has 1 atom stereocenters. The number of nitrogens with zero attached hydrogens (tertiary/aromatic N) is 1. The van der Waals surface area contributed by atoms with Crippen molar-refractivity contribution in [3.8, 4) is 0 Å². The molecule has 1 aliphatic rings. The van der Waals surface area contributed by atoms with Crippen molar-refractivity contribution in [3.63, 3.8) is 0 Å². The van der Waals surface area contributed by atoms with E-state index in [0.717, 1.165) is 4.47 Å². The molecule has 84 valence electrons. The number of likely N-dealkylation sites (N-methyl/N-ethyl adjacent to an activating group) is 1. The van der Waals surface area contributed by atoms with Gasteiger partial charge < -0.3 is 9.64 Å². The lowest BCUT2D eigenvalue weighted by atomic mass is 10.2. The first-order chi connectivity index (χ1) is 7.75. The van der Waals surface area contributed by atoms with Crippen LogP contribution in [0.15, 0.2) is 53.2 Å². The van der Waals surface area contributed by atoms with E-state index in [9.17, 15) is 0 Å². The van der Waals surface area contributed by atoms with Crippen LogP contribution >= 0.6 is 15.9 Å². The Morgan fingerprint density at radius 2 is 2.00 bits per heavy atom. The molecule has 1 unspecified atom stereocenters. The Morgan fingerprint density at radius 1 is 1.25 bits per heavy atom. The molecule has 0 saturated carbocycles. The topological polar surface area (TPSA) is 12.5 Å².